The Hall–Kier alpha value is -0.190. The van der Waals surface area contributed by atoms with Gasteiger partial charge >= 0.3 is 0 Å². The van der Waals surface area contributed by atoms with Gasteiger partial charge in [0.05, 0.1) is 15.7 Å². The molecule has 0 saturated carbocycles. The summed E-state index contributed by atoms with van der Waals surface area (Å²) in [6, 6.07) is 8.18. The van der Waals surface area contributed by atoms with Crippen LogP contribution in [0.1, 0.15) is 45.7 Å². The molecule has 1 rings (SSSR count). The van der Waals surface area contributed by atoms with Gasteiger partial charge in [-0.15, -0.1) is 0 Å². The van der Waals surface area contributed by atoms with Crippen LogP contribution in [0.3, 0.4) is 0 Å². The Kier molecular flexibility index (Phi) is 5.35. The molecule has 1 aromatic rings. The van der Waals surface area contributed by atoms with E-state index < -0.39 is 11.0 Å². The molecule has 0 heterocycles. The van der Waals surface area contributed by atoms with Gasteiger partial charge in [-0.3, -0.25) is 0 Å². The number of halogens is 1. The fourth-order valence-corrected chi connectivity index (χ4v) is 2.90. The highest BCUT2D eigenvalue weighted by atomic mass is 79.9. The van der Waals surface area contributed by atoms with Crippen molar-refractivity contribution in [2.45, 2.75) is 44.9 Å². The van der Waals surface area contributed by atoms with Gasteiger partial charge in [-0.1, -0.05) is 41.1 Å². The Morgan fingerprint density at radius 2 is 1.94 bits per heavy atom. The number of hydrogen-bond acceptors (Lipinski definition) is 1. The highest BCUT2D eigenvalue weighted by Crippen LogP contribution is 2.26. The lowest BCUT2D eigenvalue weighted by molar-refractivity contribution is 0.588. The lowest BCUT2D eigenvalue weighted by atomic mass is 10.1. The molecule has 0 aliphatic carbocycles. The van der Waals surface area contributed by atoms with Crippen molar-refractivity contribution in [3.63, 3.8) is 0 Å². The highest BCUT2D eigenvalue weighted by Gasteiger charge is 2.23. The number of rotatable bonds is 4. The van der Waals surface area contributed by atoms with E-state index in [4.69, 9.17) is 0 Å². The van der Waals surface area contributed by atoms with E-state index in [1.54, 1.807) is 0 Å². The first-order valence-corrected chi connectivity index (χ1v) is 7.73. The largest absolute Gasteiger partial charge is 0.242 e. The quantitative estimate of drug-likeness (QED) is 0.895. The fourth-order valence-electron chi connectivity index (χ4n) is 1.43. The van der Waals surface area contributed by atoms with E-state index >= 15 is 0 Å². The van der Waals surface area contributed by atoms with E-state index in [9.17, 15) is 4.21 Å². The minimum absolute atomic E-state index is 0.116. The Bertz CT molecular complexity index is 401. The number of nitrogens with one attached hydrogen (secondary N) is 1. The van der Waals surface area contributed by atoms with Crippen LogP contribution in [-0.4, -0.2) is 8.96 Å². The van der Waals surface area contributed by atoms with E-state index in [-0.39, 0.29) is 10.8 Å². The van der Waals surface area contributed by atoms with Crippen LogP contribution in [0, 0.1) is 0 Å². The van der Waals surface area contributed by atoms with Crippen LogP contribution in [0.15, 0.2) is 28.7 Å². The summed E-state index contributed by atoms with van der Waals surface area (Å²) in [6.07, 6.45) is 0.907. The molecule has 0 aromatic heterocycles. The van der Waals surface area contributed by atoms with Crippen LogP contribution in [0.25, 0.3) is 0 Å². The van der Waals surface area contributed by atoms with E-state index in [0.717, 1.165) is 16.5 Å². The maximum absolute atomic E-state index is 12.1. The van der Waals surface area contributed by atoms with E-state index in [1.807, 2.05) is 39.0 Å². The first kappa shape index (κ1) is 14.9. The summed E-state index contributed by atoms with van der Waals surface area (Å²) < 4.78 is 16.1. The summed E-state index contributed by atoms with van der Waals surface area (Å²) >= 11 is 3.54. The van der Waals surface area contributed by atoms with Crippen molar-refractivity contribution in [3.8, 4) is 0 Å². The van der Waals surface area contributed by atoms with Gasteiger partial charge in [-0.2, -0.15) is 0 Å². The van der Waals surface area contributed by atoms with Crippen molar-refractivity contribution in [1.82, 2.24) is 4.72 Å². The first-order valence-electron chi connectivity index (χ1n) is 5.78. The molecule has 96 valence electrons. The Morgan fingerprint density at radius 1 is 1.35 bits per heavy atom. The maximum Gasteiger partial charge on any atom is 0.0975 e. The Morgan fingerprint density at radius 3 is 2.41 bits per heavy atom. The van der Waals surface area contributed by atoms with Gasteiger partial charge in [-0.25, -0.2) is 8.93 Å². The molecule has 0 bridgehead atoms. The van der Waals surface area contributed by atoms with Crippen molar-refractivity contribution in [3.05, 3.63) is 34.3 Å². The summed E-state index contributed by atoms with van der Waals surface area (Å²) in [5.74, 6) is 0. The van der Waals surface area contributed by atoms with Gasteiger partial charge in [0.2, 0.25) is 0 Å². The highest BCUT2D eigenvalue weighted by molar-refractivity contribution is 9.10. The normalized spacial score (nSPS) is 15.6. The van der Waals surface area contributed by atoms with Crippen LogP contribution in [0.4, 0.5) is 0 Å². The second kappa shape index (κ2) is 6.12. The molecule has 0 amide bonds. The lowest BCUT2D eigenvalue weighted by Crippen LogP contribution is -2.35. The van der Waals surface area contributed by atoms with Gasteiger partial charge < -0.3 is 0 Å². The molecule has 0 fully saturated rings. The molecular formula is C13H20BrNOS. The number of hydrogen-bond donors (Lipinski definition) is 1. The van der Waals surface area contributed by atoms with Gasteiger partial charge in [0.25, 0.3) is 0 Å². The third kappa shape index (κ3) is 4.19. The predicted molar refractivity (Wildman–Crippen MR) is 78.2 cm³/mol. The van der Waals surface area contributed by atoms with Gasteiger partial charge in [0, 0.05) is 10.5 Å². The Labute approximate surface area is 115 Å². The molecule has 0 saturated heterocycles. The molecule has 4 heteroatoms. The minimum Gasteiger partial charge on any atom is -0.242 e. The molecule has 2 unspecified atom stereocenters. The van der Waals surface area contributed by atoms with Crippen molar-refractivity contribution < 1.29 is 4.21 Å². The molecule has 0 radical (unpaired) electrons. The summed E-state index contributed by atoms with van der Waals surface area (Å²) in [5, 5.41) is 0. The summed E-state index contributed by atoms with van der Waals surface area (Å²) in [4.78, 5) is 0. The topological polar surface area (TPSA) is 29.1 Å². The van der Waals surface area contributed by atoms with Gasteiger partial charge in [0.1, 0.15) is 0 Å². The summed E-state index contributed by atoms with van der Waals surface area (Å²) in [7, 11) is -1.05. The van der Waals surface area contributed by atoms with Crippen LogP contribution >= 0.6 is 15.9 Å². The van der Waals surface area contributed by atoms with E-state index in [0.29, 0.717) is 0 Å². The smallest absolute Gasteiger partial charge is 0.0975 e. The molecular weight excluding hydrogens is 298 g/mol. The summed E-state index contributed by atoms with van der Waals surface area (Å²) in [6.45, 7) is 8.02. The lowest BCUT2D eigenvalue weighted by Gasteiger charge is -2.24. The second-order valence-electron chi connectivity index (χ2n) is 4.98. The molecule has 0 aliphatic rings. The first-order chi connectivity index (χ1) is 7.86. The second-order valence-corrected chi connectivity index (χ2v) is 7.83. The number of benzene rings is 1. The monoisotopic (exact) mass is 317 g/mol. The average Bonchev–Trinajstić information content (AvgIpc) is 2.25. The molecule has 2 nitrogen and oxygen atoms in total. The third-order valence-corrected chi connectivity index (χ3v) is 4.83. The van der Waals surface area contributed by atoms with Crippen molar-refractivity contribution in [2.24, 2.45) is 0 Å². The van der Waals surface area contributed by atoms with Crippen molar-refractivity contribution >= 4 is 26.9 Å². The van der Waals surface area contributed by atoms with Crippen molar-refractivity contribution in [1.29, 1.82) is 0 Å². The van der Waals surface area contributed by atoms with Gasteiger partial charge in [-0.05, 0) is 38.8 Å². The zero-order valence-corrected chi connectivity index (χ0v) is 13.2. The molecule has 0 spiro atoms. The van der Waals surface area contributed by atoms with E-state index in [2.05, 4.69) is 33.6 Å². The standard InChI is InChI=1S/C13H20BrNOS/c1-5-12(15-17(16)13(2,3)4)10-8-6-7-9-11(10)14/h6-9,12,15H,5H2,1-4H3. The van der Waals surface area contributed by atoms with E-state index in [1.165, 1.54) is 0 Å². The Balaban J connectivity index is 2.87. The zero-order valence-electron chi connectivity index (χ0n) is 10.8. The van der Waals surface area contributed by atoms with Crippen LogP contribution < -0.4 is 4.72 Å². The predicted octanol–water partition coefficient (Wildman–Crippen LogP) is 3.95. The molecule has 1 N–H and O–H groups in total. The van der Waals surface area contributed by atoms with Gasteiger partial charge in [0.15, 0.2) is 0 Å². The SMILES string of the molecule is CCC(NS(=O)C(C)(C)C)c1ccccc1Br. The molecule has 1 aromatic carbocycles. The van der Waals surface area contributed by atoms with Crippen LogP contribution in [0.2, 0.25) is 0 Å². The minimum atomic E-state index is -1.05. The average molecular weight is 318 g/mol. The molecule has 0 aliphatic heterocycles. The molecule has 2 atom stereocenters. The maximum atomic E-state index is 12.1. The molecule has 17 heavy (non-hydrogen) atoms. The summed E-state index contributed by atoms with van der Waals surface area (Å²) in [5.41, 5.74) is 1.16. The van der Waals surface area contributed by atoms with Crippen LogP contribution in [-0.2, 0) is 11.0 Å². The van der Waals surface area contributed by atoms with Crippen LogP contribution in [0.5, 0.6) is 0 Å². The fraction of sp³-hybridized carbons (Fsp3) is 0.538. The third-order valence-electron chi connectivity index (χ3n) is 2.49. The van der Waals surface area contributed by atoms with Crippen molar-refractivity contribution in [2.75, 3.05) is 0 Å². The zero-order chi connectivity index (χ0) is 13.1.